The highest BCUT2D eigenvalue weighted by atomic mass is 35.5. The highest BCUT2D eigenvalue weighted by molar-refractivity contribution is 6.30. The van der Waals surface area contributed by atoms with Crippen molar-refractivity contribution in [2.24, 2.45) is 7.05 Å². The van der Waals surface area contributed by atoms with E-state index in [1.165, 1.54) is 23.9 Å². The molecule has 1 N–H and O–H groups in total. The third-order valence-corrected chi connectivity index (χ3v) is 3.41. The molecule has 1 aromatic carbocycles. The maximum atomic E-state index is 13.6. The van der Waals surface area contributed by atoms with E-state index in [2.05, 4.69) is 5.10 Å². The molecule has 2 rings (SSSR count). The fraction of sp³-hybridized carbons (Fsp3) is 0.308. The smallest absolute Gasteiger partial charge is 0.165 e. The number of benzene rings is 1. The summed E-state index contributed by atoms with van der Waals surface area (Å²) in [5.41, 5.74) is 1.49. The van der Waals surface area contributed by atoms with E-state index in [9.17, 15) is 9.50 Å². The quantitative estimate of drug-likeness (QED) is 0.942. The first kappa shape index (κ1) is 13.8. The van der Waals surface area contributed by atoms with Crippen LogP contribution in [-0.2, 0) is 7.05 Å². The molecule has 1 heterocycles. The van der Waals surface area contributed by atoms with Gasteiger partial charge in [-0.15, -0.1) is 0 Å². The molecule has 0 aliphatic heterocycles. The van der Waals surface area contributed by atoms with Crippen LogP contribution in [0.4, 0.5) is 4.39 Å². The normalized spacial score (nSPS) is 12.5. The number of aliphatic hydroxyl groups excluding tert-OH is 1. The van der Waals surface area contributed by atoms with Crippen LogP contribution in [0, 0.1) is 12.7 Å². The van der Waals surface area contributed by atoms with E-state index in [4.69, 9.17) is 16.3 Å². The van der Waals surface area contributed by atoms with Crippen molar-refractivity contribution < 1.29 is 14.2 Å². The Hall–Kier alpha value is -1.59. The summed E-state index contributed by atoms with van der Waals surface area (Å²) in [4.78, 5) is 0. The first-order chi connectivity index (χ1) is 8.95. The molecule has 6 heteroatoms. The number of aryl methyl sites for hydroxylation is 2. The highest BCUT2D eigenvalue weighted by Gasteiger charge is 2.21. The monoisotopic (exact) mass is 284 g/mol. The van der Waals surface area contributed by atoms with Crippen LogP contribution in [0.5, 0.6) is 5.75 Å². The second-order valence-corrected chi connectivity index (χ2v) is 4.57. The van der Waals surface area contributed by atoms with E-state index < -0.39 is 11.9 Å². The van der Waals surface area contributed by atoms with Crippen molar-refractivity contribution in [2.75, 3.05) is 7.11 Å². The Morgan fingerprint density at radius 2 is 2.16 bits per heavy atom. The molecule has 102 valence electrons. The fourth-order valence-electron chi connectivity index (χ4n) is 1.98. The van der Waals surface area contributed by atoms with Gasteiger partial charge in [-0.2, -0.15) is 5.10 Å². The number of rotatable bonds is 3. The number of halogens is 2. The van der Waals surface area contributed by atoms with Gasteiger partial charge in [-0.3, -0.25) is 4.68 Å². The van der Waals surface area contributed by atoms with Crippen molar-refractivity contribution in [1.29, 1.82) is 0 Å². The molecular weight excluding hydrogens is 271 g/mol. The van der Waals surface area contributed by atoms with Crippen molar-refractivity contribution in [3.8, 4) is 5.75 Å². The fourth-order valence-corrected chi connectivity index (χ4v) is 2.25. The molecule has 1 aromatic heterocycles. The van der Waals surface area contributed by atoms with E-state index in [1.807, 2.05) is 0 Å². The largest absolute Gasteiger partial charge is 0.494 e. The summed E-state index contributed by atoms with van der Waals surface area (Å²) < 4.78 is 19.9. The summed E-state index contributed by atoms with van der Waals surface area (Å²) in [5, 5.41) is 14.8. The van der Waals surface area contributed by atoms with Crippen LogP contribution in [0.1, 0.15) is 22.9 Å². The maximum absolute atomic E-state index is 13.6. The zero-order valence-corrected chi connectivity index (χ0v) is 11.6. The molecule has 1 atom stereocenters. The highest BCUT2D eigenvalue weighted by Crippen LogP contribution is 2.32. The van der Waals surface area contributed by atoms with E-state index >= 15 is 0 Å². The summed E-state index contributed by atoms with van der Waals surface area (Å²) >= 11 is 6.08. The van der Waals surface area contributed by atoms with Crippen LogP contribution in [0.15, 0.2) is 18.2 Å². The SMILES string of the molecule is COc1ccc(C(O)c2c(C)nn(C)c2Cl)cc1F. The summed E-state index contributed by atoms with van der Waals surface area (Å²) in [5.74, 6) is -0.401. The molecule has 0 bridgehead atoms. The van der Waals surface area contributed by atoms with E-state index in [0.717, 1.165) is 0 Å². The zero-order chi connectivity index (χ0) is 14.2. The van der Waals surface area contributed by atoms with Gasteiger partial charge in [0.25, 0.3) is 0 Å². The van der Waals surface area contributed by atoms with Crippen LogP contribution in [0.3, 0.4) is 0 Å². The van der Waals surface area contributed by atoms with Gasteiger partial charge >= 0.3 is 0 Å². The third-order valence-electron chi connectivity index (χ3n) is 2.96. The average Bonchev–Trinajstić information content (AvgIpc) is 2.62. The molecule has 19 heavy (non-hydrogen) atoms. The Balaban J connectivity index is 2.44. The van der Waals surface area contributed by atoms with E-state index in [1.54, 1.807) is 20.0 Å². The van der Waals surface area contributed by atoms with Crippen LogP contribution in [-0.4, -0.2) is 22.0 Å². The molecule has 0 saturated heterocycles. The second-order valence-electron chi connectivity index (χ2n) is 4.21. The number of nitrogens with zero attached hydrogens (tertiary/aromatic N) is 2. The second kappa shape index (κ2) is 5.19. The number of aliphatic hydroxyl groups is 1. The van der Waals surface area contributed by atoms with Crippen LogP contribution in [0.2, 0.25) is 5.15 Å². The minimum atomic E-state index is -1.03. The van der Waals surface area contributed by atoms with Gasteiger partial charge in [0.15, 0.2) is 11.6 Å². The molecule has 1 unspecified atom stereocenters. The van der Waals surface area contributed by atoms with Gasteiger partial charge in [0.1, 0.15) is 11.3 Å². The van der Waals surface area contributed by atoms with Gasteiger partial charge in [-0.25, -0.2) is 4.39 Å². The minimum Gasteiger partial charge on any atom is -0.494 e. The van der Waals surface area contributed by atoms with Crippen molar-refractivity contribution in [1.82, 2.24) is 9.78 Å². The standard InChI is InChI=1S/C13H14ClFN2O2/c1-7-11(13(14)17(2)16-7)12(18)8-4-5-10(19-3)9(15)6-8/h4-6,12,18H,1-3H3. The molecule has 2 aromatic rings. The molecular formula is C13H14ClFN2O2. The Morgan fingerprint density at radius 1 is 1.47 bits per heavy atom. The van der Waals surface area contributed by atoms with E-state index in [-0.39, 0.29) is 5.75 Å². The number of ether oxygens (including phenoxy) is 1. The van der Waals surface area contributed by atoms with Crippen LogP contribution in [0.25, 0.3) is 0 Å². The van der Waals surface area contributed by atoms with Crippen molar-refractivity contribution in [3.05, 3.63) is 46.0 Å². The van der Waals surface area contributed by atoms with Crippen LogP contribution >= 0.6 is 11.6 Å². The number of hydrogen-bond acceptors (Lipinski definition) is 3. The third kappa shape index (κ3) is 2.43. The lowest BCUT2D eigenvalue weighted by molar-refractivity contribution is 0.219. The van der Waals surface area contributed by atoms with Gasteiger partial charge in [-0.05, 0) is 24.6 Å². The van der Waals surface area contributed by atoms with Crippen molar-refractivity contribution >= 4 is 11.6 Å². The van der Waals surface area contributed by atoms with Crippen LogP contribution < -0.4 is 4.74 Å². The molecule has 0 radical (unpaired) electrons. The Morgan fingerprint density at radius 3 is 2.63 bits per heavy atom. The Labute approximate surface area is 115 Å². The van der Waals surface area contributed by atoms with E-state index in [0.29, 0.717) is 22.0 Å². The van der Waals surface area contributed by atoms with Gasteiger partial charge < -0.3 is 9.84 Å². The molecule has 0 spiro atoms. The molecule has 0 saturated carbocycles. The summed E-state index contributed by atoms with van der Waals surface area (Å²) in [6.07, 6.45) is -1.03. The predicted molar refractivity (Wildman–Crippen MR) is 70.0 cm³/mol. The number of aromatic nitrogens is 2. The van der Waals surface area contributed by atoms with Gasteiger partial charge in [0, 0.05) is 12.6 Å². The number of methoxy groups -OCH3 is 1. The Bertz CT molecular complexity index is 613. The summed E-state index contributed by atoms with van der Waals surface area (Å²) in [6.45, 7) is 1.74. The maximum Gasteiger partial charge on any atom is 0.165 e. The minimum absolute atomic E-state index is 0.130. The molecule has 0 aliphatic rings. The predicted octanol–water partition coefficient (Wildman–Crippen LogP) is 2.61. The van der Waals surface area contributed by atoms with Gasteiger partial charge in [0.2, 0.25) is 0 Å². The topological polar surface area (TPSA) is 47.3 Å². The lowest BCUT2D eigenvalue weighted by Gasteiger charge is -2.12. The lowest BCUT2D eigenvalue weighted by atomic mass is 10.0. The lowest BCUT2D eigenvalue weighted by Crippen LogP contribution is -2.02. The van der Waals surface area contributed by atoms with Crippen molar-refractivity contribution in [2.45, 2.75) is 13.0 Å². The van der Waals surface area contributed by atoms with Gasteiger partial charge in [0.05, 0.1) is 12.8 Å². The molecule has 0 aliphatic carbocycles. The van der Waals surface area contributed by atoms with Crippen molar-refractivity contribution in [3.63, 3.8) is 0 Å². The molecule has 0 amide bonds. The summed E-state index contributed by atoms with van der Waals surface area (Å²) in [6, 6.07) is 4.29. The average molecular weight is 285 g/mol. The Kier molecular flexibility index (Phi) is 3.78. The van der Waals surface area contributed by atoms with Gasteiger partial charge in [-0.1, -0.05) is 17.7 Å². The molecule has 0 fully saturated rings. The first-order valence-corrected chi connectivity index (χ1v) is 6.04. The zero-order valence-electron chi connectivity index (χ0n) is 10.8. The first-order valence-electron chi connectivity index (χ1n) is 5.66. The summed E-state index contributed by atoms with van der Waals surface area (Å²) in [7, 11) is 3.07. The molecule has 4 nitrogen and oxygen atoms in total. The number of hydrogen-bond donors (Lipinski definition) is 1.